The van der Waals surface area contributed by atoms with Gasteiger partial charge in [-0.05, 0) is 20.8 Å². The summed E-state index contributed by atoms with van der Waals surface area (Å²) >= 11 is 0. The maximum atomic E-state index is 12.2. The molecule has 1 aromatic heterocycles. The Hall–Kier alpha value is -1.53. The highest BCUT2D eigenvalue weighted by Crippen LogP contribution is 2.11. The van der Waals surface area contributed by atoms with Crippen molar-refractivity contribution in [2.24, 2.45) is 0 Å². The normalized spacial score (nSPS) is 22.5. The van der Waals surface area contributed by atoms with Gasteiger partial charge in [0, 0.05) is 12.8 Å². The van der Waals surface area contributed by atoms with Gasteiger partial charge in [0.15, 0.2) is 0 Å². The van der Waals surface area contributed by atoms with Crippen LogP contribution in [0, 0.1) is 13.8 Å². The first-order valence-electron chi connectivity index (χ1n) is 6.42. The van der Waals surface area contributed by atoms with Gasteiger partial charge in [0.1, 0.15) is 11.9 Å². The Labute approximate surface area is 112 Å². The highest BCUT2D eigenvalue weighted by molar-refractivity contribution is 5.95. The maximum absolute atomic E-state index is 12.2. The van der Waals surface area contributed by atoms with Crippen molar-refractivity contribution in [1.82, 2.24) is 15.3 Å². The van der Waals surface area contributed by atoms with Gasteiger partial charge in [-0.25, -0.2) is 9.97 Å². The number of aromatic nitrogens is 2. The molecule has 6 nitrogen and oxygen atoms in total. The van der Waals surface area contributed by atoms with Gasteiger partial charge in [-0.2, -0.15) is 0 Å². The minimum atomic E-state index is -0.183. The molecule has 1 amide bonds. The second-order valence-corrected chi connectivity index (χ2v) is 4.53. The van der Waals surface area contributed by atoms with Crippen molar-refractivity contribution in [3.63, 3.8) is 0 Å². The van der Waals surface area contributed by atoms with Gasteiger partial charge in [-0.15, -0.1) is 0 Å². The maximum Gasteiger partial charge on any atom is 0.255 e. The molecule has 1 aliphatic rings. The number of aryl methyl sites for hydroxylation is 2. The molecule has 2 atom stereocenters. The van der Waals surface area contributed by atoms with E-state index in [-0.39, 0.29) is 18.1 Å². The quantitative estimate of drug-likeness (QED) is 0.864. The average molecular weight is 265 g/mol. The fourth-order valence-electron chi connectivity index (χ4n) is 2.10. The highest BCUT2D eigenvalue weighted by atomic mass is 16.5. The summed E-state index contributed by atoms with van der Waals surface area (Å²) in [6.45, 7) is 7.12. The molecular weight excluding hydrogens is 246 g/mol. The van der Waals surface area contributed by atoms with E-state index in [4.69, 9.17) is 9.47 Å². The number of carbonyl (C=O) groups is 1. The van der Waals surface area contributed by atoms with Gasteiger partial charge in [0.05, 0.1) is 30.5 Å². The second kappa shape index (κ2) is 6.08. The lowest BCUT2D eigenvalue weighted by atomic mass is 10.1. The Morgan fingerprint density at radius 3 is 3.00 bits per heavy atom. The zero-order chi connectivity index (χ0) is 13.8. The van der Waals surface area contributed by atoms with Crippen molar-refractivity contribution >= 4 is 5.91 Å². The van der Waals surface area contributed by atoms with E-state index in [0.29, 0.717) is 36.9 Å². The van der Waals surface area contributed by atoms with Crippen molar-refractivity contribution in [1.29, 1.82) is 0 Å². The Bertz CT molecular complexity index is 464. The lowest BCUT2D eigenvalue weighted by Crippen LogP contribution is -2.44. The number of amides is 1. The summed E-state index contributed by atoms with van der Waals surface area (Å²) in [5.74, 6) is 0.475. The number of ether oxygens (including phenoxy) is 2. The summed E-state index contributed by atoms with van der Waals surface area (Å²) in [5.41, 5.74) is 1.17. The Morgan fingerprint density at radius 2 is 2.32 bits per heavy atom. The minimum Gasteiger partial charge on any atom is -0.376 e. The summed E-state index contributed by atoms with van der Waals surface area (Å²) in [6.07, 6.45) is 1.47. The van der Waals surface area contributed by atoms with Gasteiger partial charge in [-0.3, -0.25) is 4.79 Å². The third kappa shape index (κ3) is 3.27. The number of carbonyl (C=O) groups excluding carboxylic acids is 1. The van der Waals surface area contributed by atoms with Crippen molar-refractivity contribution in [3.05, 3.63) is 23.3 Å². The first-order chi connectivity index (χ1) is 9.11. The molecule has 1 fully saturated rings. The number of hydrogen-bond donors (Lipinski definition) is 1. The van der Waals surface area contributed by atoms with Crippen LogP contribution < -0.4 is 5.32 Å². The standard InChI is InChI=1S/C13H19N3O3/c1-4-19-12-7-18-6-11(12)16-13(17)10-5-14-9(3)15-8(10)2/h5,11-12H,4,6-7H2,1-3H3,(H,16,17)/t11-,12-/m1/s1. The third-order valence-corrected chi connectivity index (χ3v) is 3.07. The van der Waals surface area contributed by atoms with Crippen LogP contribution in [0.2, 0.25) is 0 Å². The molecule has 6 heteroatoms. The van der Waals surface area contributed by atoms with Gasteiger partial charge in [0.2, 0.25) is 0 Å². The first kappa shape index (κ1) is 13.9. The molecule has 0 radical (unpaired) electrons. The van der Waals surface area contributed by atoms with Crippen molar-refractivity contribution in [2.75, 3.05) is 19.8 Å². The monoisotopic (exact) mass is 265 g/mol. The van der Waals surface area contributed by atoms with E-state index in [2.05, 4.69) is 15.3 Å². The van der Waals surface area contributed by atoms with Crippen LogP contribution in [0.3, 0.4) is 0 Å². The van der Waals surface area contributed by atoms with Crippen LogP contribution in [-0.2, 0) is 9.47 Å². The molecule has 1 aliphatic heterocycles. The van der Waals surface area contributed by atoms with E-state index in [1.807, 2.05) is 6.92 Å². The first-order valence-corrected chi connectivity index (χ1v) is 6.42. The topological polar surface area (TPSA) is 73.3 Å². The van der Waals surface area contributed by atoms with E-state index < -0.39 is 0 Å². The van der Waals surface area contributed by atoms with Crippen molar-refractivity contribution in [2.45, 2.75) is 32.9 Å². The molecule has 104 valence electrons. The van der Waals surface area contributed by atoms with E-state index in [1.165, 1.54) is 0 Å². The molecule has 1 aromatic rings. The van der Waals surface area contributed by atoms with Crippen LogP contribution in [0.4, 0.5) is 0 Å². The molecule has 0 saturated carbocycles. The molecule has 1 saturated heterocycles. The average Bonchev–Trinajstić information content (AvgIpc) is 2.77. The summed E-state index contributed by atoms with van der Waals surface area (Å²) in [7, 11) is 0. The summed E-state index contributed by atoms with van der Waals surface area (Å²) in [4.78, 5) is 20.4. The van der Waals surface area contributed by atoms with E-state index in [9.17, 15) is 4.79 Å². The molecule has 2 heterocycles. The van der Waals surface area contributed by atoms with Gasteiger partial charge in [-0.1, -0.05) is 0 Å². The lowest BCUT2D eigenvalue weighted by Gasteiger charge is -2.19. The SMILES string of the molecule is CCO[C@@H]1COC[C@H]1NC(=O)c1cnc(C)nc1C. The van der Waals surface area contributed by atoms with E-state index >= 15 is 0 Å². The Morgan fingerprint density at radius 1 is 1.53 bits per heavy atom. The molecule has 1 N–H and O–H groups in total. The number of nitrogens with zero attached hydrogens (tertiary/aromatic N) is 2. The summed E-state index contributed by atoms with van der Waals surface area (Å²) in [5, 5.41) is 2.92. The van der Waals surface area contributed by atoms with Crippen LogP contribution in [0.25, 0.3) is 0 Å². The van der Waals surface area contributed by atoms with Crippen LogP contribution in [0.15, 0.2) is 6.20 Å². The van der Waals surface area contributed by atoms with Gasteiger partial charge < -0.3 is 14.8 Å². The van der Waals surface area contributed by atoms with Crippen LogP contribution >= 0.6 is 0 Å². The Balaban J connectivity index is 2.04. The van der Waals surface area contributed by atoms with Gasteiger partial charge in [0.25, 0.3) is 5.91 Å². The van der Waals surface area contributed by atoms with Crippen LogP contribution in [0.1, 0.15) is 28.8 Å². The number of hydrogen-bond acceptors (Lipinski definition) is 5. The molecule has 0 aromatic carbocycles. The summed E-state index contributed by atoms with van der Waals surface area (Å²) in [6, 6.07) is -0.117. The van der Waals surface area contributed by atoms with Crippen LogP contribution in [-0.4, -0.2) is 47.8 Å². The minimum absolute atomic E-state index is 0.0828. The fourth-order valence-corrected chi connectivity index (χ4v) is 2.10. The molecule has 0 spiro atoms. The lowest BCUT2D eigenvalue weighted by molar-refractivity contribution is 0.0402. The summed E-state index contributed by atoms with van der Waals surface area (Å²) < 4.78 is 10.9. The molecule has 0 bridgehead atoms. The van der Waals surface area contributed by atoms with E-state index in [0.717, 1.165) is 0 Å². The third-order valence-electron chi connectivity index (χ3n) is 3.07. The predicted octanol–water partition coefficient (Wildman–Crippen LogP) is 0.627. The Kier molecular flexibility index (Phi) is 4.44. The fraction of sp³-hybridized carbons (Fsp3) is 0.615. The molecule has 0 unspecified atom stereocenters. The molecule has 0 aliphatic carbocycles. The largest absolute Gasteiger partial charge is 0.376 e. The second-order valence-electron chi connectivity index (χ2n) is 4.53. The highest BCUT2D eigenvalue weighted by Gasteiger charge is 2.30. The van der Waals surface area contributed by atoms with Crippen LogP contribution in [0.5, 0.6) is 0 Å². The van der Waals surface area contributed by atoms with E-state index in [1.54, 1.807) is 20.0 Å². The predicted molar refractivity (Wildman–Crippen MR) is 69.0 cm³/mol. The molecule has 19 heavy (non-hydrogen) atoms. The number of rotatable bonds is 4. The zero-order valence-corrected chi connectivity index (χ0v) is 11.5. The zero-order valence-electron chi connectivity index (χ0n) is 11.5. The number of nitrogens with one attached hydrogen (secondary N) is 1. The van der Waals surface area contributed by atoms with Crippen molar-refractivity contribution < 1.29 is 14.3 Å². The van der Waals surface area contributed by atoms with Gasteiger partial charge >= 0.3 is 0 Å². The smallest absolute Gasteiger partial charge is 0.255 e. The molecule has 2 rings (SSSR count). The van der Waals surface area contributed by atoms with Crippen molar-refractivity contribution in [3.8, 4) is 0 Å². The molecular formula is C13H19N3O3.